The quantitative estimate of drug-likeness (QED) is 0.667. The van der Waals surface area contributed by atoms with Crippen LogP contribution in [0.25, 0.3) is 10.9 Å². The zero-order chi connectivity index (χ0) is 22.0. The Bertz CT molecular complexity index is 1100. The van der Waals surface area contributed by atoms with Crippen LogP contribution < -0.4 is 10.2 Å². The average molecular weight is 431 g/mol. The molecule has 3 aromatic rings. The van der Waals surface area contributed by atoms with Gasteiger partial charge in [-0.05, 0) is 44.2 Å². The first-order chi connectivity index (χ1) is 15.7. The molecular formula is C26H30N4O2. The minimum absolute atomic E-state index is 0.0682. The van der Waals surface area contributed by atoms with Crippen molar-refractivity contribution in [2.75, 3.05) is 31.2 Å². The Morgan fingerprint density at radius 1 is 1.09 bits per heavy atom. The Balaban J connectivity index is 1.35. The number of aryl methyl sites for hydroxylation is 1. The van der Waals surface area contributed by atoms with Crippen molar-refractivity contribution < 1.29 is 9.53 Å². The molecule has 0 saturated carbocycles. The molecule has 0 bridgehead atoms. The van der Waals surface area contributed by atoms with Crippen LogP contribution in [0.4, 0.5) is 5.95 Å². The standard InChI is InChI=1S/C26H30N4O2/c1-19-21-10-5-6-11-22(21)29-25(28-19)30-15-7-12-23(30)24(31)27-18-26(13-16-32-17-14-26)20-8-3-2-4-9-20/h2-6,8-11,23H,7,12-18H2,1H3,(H,27,31)/t23-/m0/s1. The van der Waals surface area contributed by atoms with E-state index in [0.29, 0.717) is 12.5 Å². The van der Waals surface area contributed by atoms with E-state index in [2.05, 4.69) is 34.5 Å². The Labute approximate surface area is 189 Å². The number of ether oxygens (including phenoxy) is 1. The van der Waals surface area contributed by atoms with E-state index < -0.39 is 0 Å². The molecule has 2 aliphatic heterocycles. The number of fused-ring (bicyclic) bond motifs is 1. The lowest BCUT2D eigenvalue weighted by Gasteiger charge is -2.38. The second-order valence-corrected chi connectivity index (χ2v) is 8.95. The van der Waals surface area contributed by atoms with E-state index in [4.69, 9.17) is 14.7 Å². The molecule has 2 fully saturated rings. The van der Waals surface area contributed by atoms with Gasteiger partial charge in [-0.3, -0.25) is 4.79 Å². The van der Waals surface area contributed by atoms with Gasteiger partial charge in [0.25, 0.3) is 0 Å². The number of benzene rings is 2. The molecule has 1 amide bonds. The van der Waals surface area contributed by atoms with Gasteiger partial charge in [-0.25, -0.2) is 9.97 Å². The van der Waals surface area contributed by atoms with Crippen LogP contribution in [0, 0.1) is 6.92 Å². The summed E-state index contributed by atoms with van der Waals surface area (Å²) in [5, 5.41) is 4.35. The van der Waals surface area contributed by atoms with E-state index in [1.54, 1.807) is 0 Å². The number of carbonyl (C=O) groups excluding carboxylic acids is 1. The number of hydrogen-bond donors (Lipinski definition) is 1. The predicted molar refractivity (Wildman–Crippen MR) is 126 cm³/mol. The molecule has 2 aliphatic rings. The number of rotatable bonds is 5. The molecule has 0 unspecified atom stereocenters. The maximum Gasteiger partial charge on any atom is 0.242 e. The second-order valence-electron chi connectivity index (χ2n) is 8.95. The number of nitrogens with one attached hydrogen (secondary N) is 1. The number of hydrogen-bond acceptors (Lipinski definition) is 5. The second kappa shape index (κ2) is 8.87. The Morgan fingerprint density at radius 3 is 2.66 bits per heavy atom. The molecule has 5 rings (SSSR count). The third-order valence-corrected chi connectivity index (χ3v) is 7.03. The van der Waals surface area contributed by atoms with Gasteiger partial charge in [0, 0.05) is 37.1 Å². The fourth-order valence-corrected chi connectivity index (χ4v) is 5.12. The van der Waals surface area contributed by atoms with E-state index in [9.17, 15) is 4.79 Å². The van der Waals surface area contributed by atoms with Crippen LogP contribution in [0.1, 0.15) is 36.9 Å². The van der Waals surface area contributed by atoms with Crippen LogP contribution in [-0.4, -0.2) is 48.2 Å². The van der Waals surface area contributed by atoms with Crippen molar-refractivity contribution >= 4 is 22.8 Å². The van der Waals surface area contributed by atoms with Gasteiger partial charge in [-0.15, -0.1) is 0 Å². The molecule has 1 aromatic heterocycles. The minimum atomic E-state index is -0.233. The highest BCUT2D eigenvalue weighted by molar-refractivity contribution is 5.86. The molecule has 2 saturated heterocycles. The normalized spacial score (nSPS) is 20.4. The summed E-state index contributed by atoms with van der Waals surface area (Å²) >= 11 is 0. The molecular weight excluding hydrogens is 400 g/mol. The molecule has 32 heavy (non-hydrogen) atoms. The number of anilines is 1. The third-order valence-electron chi connectivity index (χ3n) is 7.03. The number of carbonyl (C=O) groups is 1. The molecule has 1 atom stereocenters. The lowest BCUT2D eigenvalue weighted by Crippen LogP contribution is -2.50. The number of nitrogens with zero attached hydrogens (tertiary/aromatic N) is 3. The highest BCUT2D eigenvalue weighted by Crippen LogP contribution is 2.34. The Morgan fingerprint density at radius 2 is 1.84 bits per heavy atom. The van der Waals surface area contributed by atoms with E-state index in [1.165, 1.54) is 5.56 Å². The van der Waals surface area contributed by atoms with Crippen LogP contribution in [0.5, 0.6) is 0 Å². The molecule has 0 spiro atoms. The summed E-state index contributed by atoms with van der Waals surface area (Å²) in [6.07, 6.45) is 3.62. The summed E-state index contributed by atoms with van der Waals surface area (Å²) in [6.45, 7) is 4.89. The molecule has 0 radical (unpaired) electrons. The van der Waals surface area contributed by atoms with Crippen molar-refractivity contribution in [1.29, 1.82) is 0 Å². The minimum Gasteiger partial charge on any atom is -0.381 e. The Hall–Kier alpha value is -2.99. The number of aromatic nitrogens is 2. The highest BCUT2D eigenvalue weighted by Gasteiger charge is 2.37. The maximum absolute atomic E-state index is 13.4. The SMILES string of the molecule is Cc1nc(N2CCC[C@H]2C(=O)NCC2(c3ccccc3)CCOCC2)nc2ccccc12. The van der Waals surface area contributed by atoms with E-state index in [-0.39, 0.29) is 17.4 Å². The summed E-state index contributed by atoms with van der Waals surface area (Å²) < 4.78 is 5.64. The van der Waals surface area contributed by atoms with Crippen molar-refractivity contribution in [3.63, 3.8) is 0 Å². The molecule has 0 aliphatic carbocycles. The maximum atomic E-state index is 13.4. The van der Waals surface area contributed by atoms with Crippen LogP contribution >= 0.6 is 0 Å². The van der Waals surface area contributed by atoms with Gasteiger partial charge in [-0.2, -0.15) is 0 Å². The van der Waals surface area contributed by atoms with Crippen molar-refractivity contribution in [3.05, 3.63) is 65.9 Å². The summed E-state index contributed by atoms with van der Waals surface area (Å²) in [6, 6.07) is 18.3. The van der Waals surface area contributed by atoms with E-state index in [1.807, 2.05) is 37.3 Å². The summed E-state index contributed by atoms with van der Waals surface area (Å²) in [5.74, 6) is 0.724. The van der Waals surface area contributed by atoms with Gasteiger partial charge in [0.1, 0.15) is 6.04 Å². The van der Waals surface area contributed by atoms with E-state index >= 15 is 0 Å². The smallest absolute Gasteiger partial charge is 0.242 e. The predicted octanol–water partition coefficient (Wildman–Crippen LogP) is 3.77. The van der Waals surface area contributed by atoms with Gasteiger partial charge < -0.3 is 15.0 Å². The van der Waals surface area contributed by atoms with Gasteiger partial charge >= 0.3 is 0 Å². The fourth-order valence-electron chi connectivity index (χ4n) is 5.12. The molecule has 6 nitrogen and oxygen atoms in total. The van der Waals surface area contributed by atoms with Crippen LogP contribution in [0.3, 0.4) is 0 Å². The average Bonchev–Trinajstić information content (AvgIpc) is 3.34. The van der Waals surface area contributed by atoms with Gasteiger partial charge in [-0.1, -0.05) is 48.5 Å². The first kappa shape index (κ1) is 20.9. The molecule has 3 heterocycles. The molecule has 1 N–H and O–H groups in total. The lowest BCUT2D eigenvalue weighted by molar-refractivity contribution is -0.122. The van der Waals surface area contributed by atoms with Crippen molar-refractivity contribution in [2.24, 2.45) is 0 Å². The lowest BCUT2D eigenvalue weighted by atomic mass is 9.74. The highest BCUT2D eigenvalue weighted by atomic mass is 16.5. The monoisotopic (exact) mass is 430 g/mol. The van der Waals surface area contributed by atoms with Crippen LogP contribution in [-0.2, 0) is 14.9 Å². The largest absolute Gasteiger partial charge is 0.381 e. The summed E-state index contributed by atoms with van der Waals surface area (Å²) in [4.78, 5) is 25.0. The van der Waals surface area contributed by atoms with Gasteiger partial charge in [0.15, 0.2) is 0 Å². The summed E-state index contributed by atoms with van der Waals surface area (Å²) in [7, 11) is 0. The van der Waals surface area contributed by atoms with Gasteiger partial charge in [0.05, 0.1) is 11.2 Å². The topological polar surface area (TPSA) is 67.4 Å². The molecule has 166 valence electrons. The van der Waals surface area contributed by atoms with E-state index in [0.717, 1.165) is 62.0 Å². The molecule has 6 heteroatoms. The third kappa shape index (κ3) is 3.95. The van der Waals surface area contributed by atoms with Crippen LogP contribution in [0.2, 0.25) is 0 Å². The zero-order valence-electron chi connectivity index (χ0n) is 18.6. The number of para-hydroxylation sites is 1. The fraction of sp³-hybridized carbons (Fsp3) is 0.423. The first-order valence-electron chi connectivity index (χ1n) is 11.6. The van der Waals surface area contributed by atoms with Crippen molar-refractivity contribution in [1.82, 2.24) is 15.3 Å². The van der Waals surface area contributed by atoms with Gasteiger partial charge in [0.2, 0.25) is 11.9 Å². The van der Waals surface area contributed by atoms with Crippen molar-refractivity contribution in [2.45, 2.75) is 44.1 Å². The summed E-state index contributed by atoms with van der Waals surface area (Å²) in [5.41, 5.74) is 3.07. The van der Waals surface area contributed by atoms with Crippen LogP contribution in [0.15, 0.2) is 54.6 Å². The van der Waals surface area contributed by atoms with Crippen molar-refractivity contribution in [3.8, 4) is 0 Å². The molecule has 2 aromatic carbocycles. The first-order valence-corrected chi connectivity index (χ1v) is 11.6. The zero-order valence-corrected chi connectivity index (χ0v) is 18.6. The Kier molecular flexibility index (Phi) is 5.79. The number of amides is 1.